The second-order valence-corrected chi connectivity index (χ2v) is 5.95. The Morgan fingerprint density at radius 1 is 1.25 bits per heavy atom. The maximum Gasteiger partial charge on any atom is 0.119 e. The number of aliphatic hydroxyl groups excluding tert-OH is 1. The highest BCUT2D eigenvalue weighted by Crippen LogP contribution is 2.28. The van der Waals surface area contributed by atoms with Gasteiger partial charge in [-0.2, -0.15) is 0 Å². The highest BCUT2D eigenvalue weighted by Gasteiger charge is 2.16. The van der Waals surface area contributed by atoms with E-state index in [1.165, 1.54) is 23.4 Å². The number of aliphatic hydroxyl groups is 1. The largest absolute Gasteiger partial charge is 0.491 e. The van der Waals surface area contributed by atoms with E-state index in [4.69, 9.17) is 9.84 Å². The fourth-order valence-electron chi connectivity index (χ4n) is 2.33. The molecule has 106 valence electrons. The summed E-state index contributed by atoms with van der Waals surface area (Å²) in [5.41, 5.74) is 2.36. The van der Waals surface area contributed by atoms with E-state index < -0.39 is 0 Å². The number of benzene rings is 1. The van der Waals surface area contributed by atoms with Crippen LogP contribution in [0.1, 0.15) is 22.0 Å². The molecule has 0 atom stereocenters. The van der Waals surface area contributed by atoms with Gasteiger partial charge in [-0.15, -0.1) is 11.3 Å². The first-order chi connectivity index (χ1) is 9.85. The molecule has 0 bridgehead atoms. The zero-order valence-electron chi connectivity index (χ0n) is 11.3. The van der Waals surface area contributed by atoms with Gasteiger partial charge in [-0.3, -0.25) is 0 Å². The van der Waals surface area contributed by atoms with Gasteiger partial charge in [0.15, 0.2) is 0 Å². The Morgan fingerprint density at radius 3 is 2.85 bits per heavy atom. The summed E-state index contributed by atoms with van der Waals surface area (Å²) in [5.74, 6) is 0.776. The third-order valence-corrected chi connectivity index (χ3v) is 4.46. The molecule has 0 saturated carbocycles. The Hall–Kier alpha value is -1.59. The van der Waals surface area contributed by atoms with E-state index in [9.17, 15) is 0 Å². The quantitative estimate of drug-likeness (QED) is 0.858. The minimum Gasteiger partial charge on any atom is -0.491 e. The molecule has 2 N–H and O–H groups in total. The SMILES string of the molecule is OCCOc1ccc(NCc2nc3c(s2)CCC3)cc1. The van der Waals surface area contributed by atoms with Crippen LogP contribution in [0.2, 0.25) is 0 Å². The Kier molecular flexibility index (Phi) is 4.18. The maximum absolute atomic E-state index is 8.70. The third-order valence-electron chi connectivity index (χ3n) is 3.30. The van der Waals surface area contributed by atoms with E-state index in [0.717, 1.165) is 29.4 Å². The number of anilines is 1. The van der Waals surface area contributed by atoms with Crippen LogP contribution in [0.4, 0.5) is 5.69 Å². The van der Waals surface area contributed by atoms with Gasteiger partial charge in [-0.05, 0) is 43.5 Å². The highest BCUT2D eigenvalue weighted by atomic mass is 32.1. The van der Waals surface area contributed by atoms with Crippen LogP contribution in [0.25, 0.3) is 0 Å². The molecular formula is C15H18N2O2S. The van der Waals surface area contributed by atoms with E-state index >= 15 is 0 Å². The van der Waals surface area contributed by atoms with Gasteiger partial charge in [-0.25, -0.2) is 4.98 Å². The van der Waals surface area contributed by atoms with Crippen LogP contribution in [0, 0.1) is 0 Å². The number of ether oxygens (including phenoxy) is 1. The molecule has 1 aromatic carbocycles. The fourth-order valence-corrected chi connectivity index (χ4v) is 3.43. The van der Waals surface area contributed by atoms with Crippen molar-refractivity contribution in [3.8, 4) is 5.75 Å². The molecule has 0 fully saturated rings. The van der Waals surface area contributed by atoms with Gasteiger partial charge in [-0.1, -0.05) is 0 Å². The van der Waals surface area contributed by atoms with Crippen molar-refractivity contribution >= 4 is 17.0 Å². The van der Waals surface area contributed by atoms with Crippen molar-refractivity contribution in [1.82, 2.24) is 4.98 Å². The van der Waals surface area contributed by atoms with Gasteiger partial charge in [0.25, 0.3) is 0 Å². The lowest BCUT2D eigenvalue weighted by Crippen LogP contribution is -2.02. The first-order valence-electron chi connectivity index (χ1n) is 6.90. The van der Waals surface area contributed by atoms with Crippen molar-refractivity contribution in [2.24, 2.45) is 0 Å². The van der Waals surface area contributed by atoms with Crippen molar-refractivity contribution in [1.29, 1.82) is 0 Å². The molecule has 0 aliphatic heterocycles. The summed E-state index contributed by atoms with van der Waals surface area (Å²) in [4.78, 5) is 6.13. The van der Waals surface area contributed by atoms with E-state index in [2.05, 4.69) is 10.3 Å². The number of nitrogens with zero attached hydrogens (tertiary/aromatic N) is 1. The standard InChI is InChI=1S/C15H18N2O2S/c18-8-9-19-12-6-4-11(5-7-12)16-10-15-17-13-2-1-3-14(13)20-15/h4-7,16,18H,1-3,8-10H2. The smallest absolute Gasteiger partial charge is 0.119 e. The predicted octanol–water partition coefficient (Wildman–Crippen LogP) is 2.62. The van der Waals surface area contributed by atoms with Crippen LogP contribution in [-0.4, -0.2) is 23.3 Å². The van der Waals surface area contributed by atoms with Crippen LogP contribution < -0.4 is 10.1 Å². The summed E-state index contributed by atoms with van der Waals surface area (Å²) in [6.07, 6.45) is 3.60. The van der Waals surface area contributed by atoms with Gasteiger partial charge >= 0.3 is 0 Å². The topological polar surface area (TPSA) is 54.4 Å². The summed E-state index contributed by atoms with van der Waals surface area (Å²) < 4.78 is 5.33. The lowest BCUT2D eigenvalue weighted by molar-refractivity contribution is 0.201. The number of nitrogens with one attached hydrogen (secondary N) is 1. The first-order valence-corrected chi connectivity index (χ1v) is 7.72. The molecule has 1 aromatic heterocycles. The van der Waals surface area contributed by atoms with Crippen LogP contribution >= 0.6 is 11.3 Å². The zero-order valence-corrected chi connectivity index (χ0v) is 12.1. The van der Waals surface area contributed by atoms with Gasteiger partial charge in [0, 0.05) is 10.6 Å². The highest BCUT2D eigenvalue weighted by molar-refractivity contribution is 7.11. The number of hydrogen-bond donors (Lipinski definition) is 2. The van der Waals surface area contributed by atoms with Crippen molar-refractivity contribution in [3.63, 3.8) is 0 Å². The Labute approximate surface area is 122 Å². The second kappa shape index (κ2) is 6.24. The van der Waals surface area contributed by atoms with E-state index in [-0.39, 0.29) is 6.61 Å². The molecule has 4 nitrogen and oxygen atoms in total. The zero-order chi connectivity index (χ0) is 13.8. The molecule has 1 aliphatic carbocycles. The minimum atomic E-state index is 0.0364. The molecule has 0 saturated heterocycles. The fraction of sp³-hybridized carbons (Fsp3) is 0.400. The van der Waals surface area contributed by atoms with Crippen LogP contribution in [0.3, 0.4) is 0 Å². The molecule has 1 aliphatic rings. The summed E-state index contributed by atoms with van der Waals surface area (Å²) >= 11 is 1.83. The number of hydrogen-bond acceptors (Lipinski definition) is 5. The van der Waals surface area contributed by atoms with Gasteiger partial charge in [0.2, 0.25) is 0 Å². The molecule has 0 unspecified atom stereocenters. The molecule has 20 heavy (non-hydrogen) atoms. The van der Waals surface area contributed by atoms with Gasteiger partial charge < -0.3 is 15.2 Å². The van der Waals surface area contributed by atoms with E-state index in [1.807, 2.05) is 35.6 Å². The third kappa shape index (κ3) is 3.11. The van der Waals surface area contributed by atoms with E-state index in [0.29, 0.717) is 6.61 Å². The number of fused-ring (bicyclic) bond motifs is 1. The molecule has 0 radical (unpaired) electrons. The molecule has 3 rings (SSSR count). The molecule has 1 heterocycles. The van der Waals surface area contributed by atoms with Gasteiger partial charge in [0.05, 0.1) is 18.8 Å². The Bertz CT molecular complexity index is 544. The van der Waals surface area contributed by atoms with Crippen molar-refractivity contribution < 1.29 is 9.84 Å². The van der Waals surface area contributed by atoms with Crippen LogP contribution in [0.15, 0.2) is 24.3 Å². The Morgan fingerprint density at radius 2 is 2.10 bits per heavy atom. The normalized spacial score (nSPS) is 13.2. The van der Waals surface area contributed by atoms with Gasteiger partial charge in [0.1, 0.15) is 17.4 Å². The van der Waals surface area contributed by atoms with Crippen LogP contribution in [-0.2, 0) is 19.4 Å². The van der Waals surface area contributed by atoms with E-state index in [1.54, 1.807) is 0 Å². The number of aromatic nitrogens is 1. The molecule has 0 spiro atoms. The molecule has 5 heteroatoms. The lowest BCUT2D eigenvalue weighted by atomic mass is 10.3. The summed E-state index contributed by atoms with van der Waals surface area (Å²) in [6, 6.07) is 7.77. The number of rotatable bonds is 6. The summed E-state index contributed by atoms with van der Waals surface area (Å²) in [6.45, 7) is 1.14. The molecule has 0 amide bonds. The summed E-state index contributed by atoms with van der Waals surface area (Å²) in [5, 5.41) is 13.2. The maximum atomic E-state index is 8.70. The predicted molar refractivity (Wildman–Crippen MR) is 80.5 cm³/mol. The van der Waals surface area contributed by atoms with Crippen LogP contribution in [0.5, 0.6) is 5.75 Å². The number of aryl methyl sites for hydroxylation is 2. The average Bonchev–Trinajstić information content (AvgIpc) is 3.05. The number of thiazole rings is 1. The van der Waals surface area contributed by atoms with Crippen molar-refractivity contribution in [2.45, 2.75) is 25.8 Å². The first kappa shape index (κ1) is 13.4. The molecule has 2 aromatic rings. The second-order valence-electron chi connectivity index (χ2n) is 4.78. The monoisotopic (exact) mass is 290 g/mol. The van der Waals surface area contributed by atoms with Crippen molar-refractivity contribution in [2.75, 3.05) is 18.5 Å². The van der Waals surface area contributed by atoms with Crippen molar-refractivity contribution in [3.05, 3.63) is 39.8 Å². The average molecular weight is 290 g/mol. The minimum absolute atomic E-state index is 0.0364. The Balaban J connectivity index is 1.54. The molecular weight excluding hydrogens is 272 g/mol. The lowest BCUT2D eigenvalue weighted by Gasteiger charge is -2.07. The summed E-state index contributed by atoms with van der Waals surface area (Å²) in [7, 11) is 0.